The molecule has 5 nitrogen and oxygen atoms in total. The summed E-state index contributed by atoms with van der Waals surface area (Å²) in [6.07, 6.45) is 5.51. The molecule has 1 N–H and O–H groups in total. The monoisotopic (exact) mass is 319 g/mol. The van der Waals surface area contributed by atoms with E-state index in [-0.39, 0.29) is 17.2 Å². The summed E-state index contributed by atoms with van der Waals surface area (Å²) in [6, 6.07) is 7.32. The molecule has 0 aliphatic rings. The van der Waals surface area contributed by atoms with Crippen LogP contribution in [0.5, 0.6) is 5.75 Å². The molecule has 1 heterocycles. The zero-order valence-corrected chi connectivity index (χ0v) is 14.1. The van der Waals surface area contributed by atoms with Crippen molar-refractivity contribution in [3.63, 3.8) is 0 Å². The van der Waals surface area contributed by atoms with Crippen LogP contribution in [0.4, 0.5) is 0 Å². The SMILES string of the molecule is COc1ccccc1[C@@H](NC(=O)[C@H](C)SC)c1nccn1C. The standard InChI is InChI=1S/C16H21N3O2S/c1-11(22-4)16(20)18-14(15-17-9-10-19(15)2)12-7-5-6-8-13(12)21-3/h5-11,14H,1-4H3,(H,18,20)/t11-,14+/m0/s1. The predicted molar refractivity (Wildman–Crippen MR) is 89.2 cm³/mol. The lowest BCUT2D eigenvalue weighted by atomic mass is 10.0. The molecule has 0 saturated heterocycles. The van der Waals surface area contributed by atoms with E-state index in [0.29, 0.717) is 0 Å². The van der Waals surface area contributed by atoms with Gasteiger partial charge in [-0.15, -0.1) is 0 Å². The maximum absolute atomic E-state index is 12.4. The van der Waals surface area contributed by atoms with Gasteiger partial charge in [-0.1, -0.05) is 18.2 Å². The number of hydrogen-bond donors (Lipinski definition) is 1. The molecular weight excluding hydrogens is 298 g/mol. The summed E-state index contributed by atoms with van der Waals surface area (Å²) in [6.45, 7) is 1.89. The second kappa shape index (κ2) is 7.35. The van der Waals surface area contributed by atoms with E-state index in [1.54, 1.807) is 13.3 Å². The van der Waals surface area contributed by atoms with E-state index in [9.17, 15) is 4.79 Å². The third-order valence-electron chi connectivity index (χ3n) is 3.58. The highest BCUT2D eigenvalue weighted by molar-refractivity contribution is 7.99. The van der Waals surface area contributed by atoms with Crippen LogP contribution in [-0.4, -0.2) is 34.1 Å². The number of ether oxygens (including phenoxy) is 1. The molecule has 0 spiro atoms. The van der Waals surface area contributed by atoms with Gasteiger partial charge in [-0.2, -0.15) is 11.8 Å². The number of methoxy groups -OCH3 is 1. The van der Waals surface area contributed by atoms with Crippen LogP contribution in [0.1, 0.15) is 24.4 Å². The lowest BCUT2D eigenvalue weighted by Crippen LogP contribution is -2.36. The van der Waals surface area contributed by atoms with Gasteiger partial charge in [0.2, 0.25) is 5.91 Å². The third kappa shape index (κ3) is 3.44. The van der Waals surface area contributed by atoms with E-state index in [1.165, 1.54) is 11.8 Å². The van der Waals surface area contributed by atoms with Crippen LogP contribution in [0.3, 0.4) is 0 Å². The molecule has 1 aromatic heterocycles. The van der Waals surface area contributed by atoms with Crippen molar-refractivity contribution in [3.05, 3.63) is 48.0 Å². The van der Waals surface area contributed by atoms with Gasteiger partial charge in [0.1, 0.15) is 17.6 Å². The fourth-order valence-corrected chi connectivity index (χ4v) is 2.49. The molecule has 1 aromatic carbocycles. The molecule has 0 fully saturated rings. The van der Waals surface area contributed by atoms with Crippen molar-refractivity contribution in [3.8, 4) is 5.75 Å². The normalized spacial score (nSPS) is 13.5. The molecule has 0 aliphatic carbocycles. The second-order valence-electron chi connectivity index (χ2n) is 4.96. The molecule has 0 saturated carbocycles. The second-order valence-corrected chi connectivity index (χ2v) is 6.14. The molecule has 1 amide bonds. The lowest BCUT2D eigenvalue weighted by molar-refractivity contribution is -0.120. The number of aromatic nitrogens is 2. The van der Waals surface area contributed by atoms with Gasteiger partial charge in [-0.3, -0.25) is 4.79 Å². The smallest absolute Gasteiger partial charge is 0.233 e. The first-order chi connectivity index (χ1) is 10.6. The molecule has 0 aliphatic heterocycles. The average molecular weight is 319 g/mol. The lowest BCUT2D eigenvalue weighted by Gasteiger charge is -2.22. The number of rotatable bonds is 6. The highest BCUT2D eigenvalue weighted by atomic mass is 32.2. The number of imidazole rings is 1. The minimum Gasteiger partial charge on any atom is -0.496 e. The van der Waals surface area contributed by atoms with E-state index in [2.05, 4.69) is 10.3 Å². The first-order valence-electron chi connectivity index (χ1n) is 7.01. The number of benzene rings is 1. The van der Waals surface area contributed by atoms with Crippen LogP contribution >= 0.6 is 11.8 Å². The number of aryl methyl sites for hydroxylation is 1. The molecule has 118 valence electrons. The number of carbonyl (C=O) groups excluding carboxylic acids is 1. The molecule has 2 aromatic rings. The van der Waals surface area contributed by atoms with Crippen LogP contribution in [0.2, 0.25) is 0 Å². The quantitative estimate of drug-likeness (QED) is 0.888. The Morgan fingerprint density at radius 2 is 2.14 bits per heavy atom. The molecule has 2 atom stereocenters. The Kier molecular flexibility index (Phi) is 5.49. The first-order valence-corrected chi connectivity index (χ1v) is 8.30. The maximum atomic E-state index is 12.4. The summed E-state index contributed by atoms with van der Waals surface area (Å²) in [5.74, 6) is 1.48. The Morgan fingerprint density at radius 3 is 2.73 bits per heavy atom. The average Bonchev–Trinajstić information content (AvgIpc) is 2.97. The number of nitrogens with zero attached hydrogens (tertiary/aromatic N) is 2. The van der Waals surface area contributed by atoms with Crippen LogP contribution in [0, 0.1) is 0 Å². The first kappa shape index (κ1) is 16.4. The number of carbonyl (C=O) groups is 1. The molecular formula is C16H21N3O2S. The van der Waals surface area contributed by atoms with Gasteiger partial charge in [0.25, 0.3) is 0 Å². The Labute approximate surface area is 135 Å². The van der Waals surface area contributed by atoms with Crippen molar-refractivity contribution in [2.45, 2.75) is 18.2 Å². The summed E-state index contributed by atoms with van der Waals surface area (Å²) >= 11 is 1.51. The van der Waals surface area contributed by atoms with Crippen molar-refractivity contribution in [2.24, 2.45) is 7.05 Å². The van der Waals surface area contributed by atoms with Crippen LogP contribution in [0.25, 0.3) is 0 Å². The van der Waals surface area contributed by atoms with Gasteiger partial charge in [-0.25, -0.2) is 4.98 Å². The van der Waals surface area contributed by atoms with Gasteiger partial charge < -0.3 is 14.6 Å². The van der Waals surface area contributed by atoms with E-state index < -0.39 is 0 Å². The van der Waals surface area contributed by atoms with Crippen molar-refractivity contribution in [2.75, 3.05) is 13.4 Å². The Hall–Kier alpha value is -1.95. The minimum absolute atomic E-state index is 0.0218. The summed E-state index contributed by atoms with van der Waals surface area (Å²) < 4.78 is 7.34. The van der Waals surface area contributed by atoms with Crippen molar-refractivity contribution >= 4 is 17.7 Å². The number of nitrogens with one attached hydrogen (secondary N) is 1. The highest BCUT2D eigenvalue weighted by Gasteiger charge is 2.25. The fourth-order valence-electron chi connectivity index (χ4n) is 2.21. The third-order valence-corrected chi connectivity index (χ3v) is 4.50. The van der Waals surface area contributed by atoms with Gasteiger partial charge in [0, 0.05) is 25.0 Å². The van der Waals surface area contributed by atoms with Crippen molar-refractivity contribution in [1.29, 1.82) is 0 Å². The zero-order chi connectivity index (χ0) is 16.1. The molecule has 0 bridgehead atoms. The fraction of sp³-hybridized carbons (Fsp3) is 0.375. The number of hydrogen-bond acceptors (Lipinski definition) is 4. The zero-order valence-electron chi connectivity index (χ0n) is 13.2. The van der Waals surface area contributed by atoms with Gasteiger partial charge >= 0.3 is 0 Å². The van der Waals surface area contributed by atoms with Gasteiger partial charge in [-0.05, 0) is 19.2 Å². The number of amides is 1. The van der Waals surface area contributed by atoms with E-state index in [4.69, 9.17) is 4.74 Å². The van der Waals surface area contributed by atoms with Crippen LogP contribution < -0.4 is 10.1 Å². The van der Waals surface area contributed by atoms with E-state index >= 15 is 0 Å². The maximum Gasteiger partial charge on any atom is 0.233 e. The van der Waals surface area contributed by atoms with E-state index in [1.807, 2.05) is 55.3 Å². The highest BCUT2D eigenvalue weighted by Crippen LogP contribution is 2.29. The molecule has 0 unspecified atom stereocenters. The summed E-state index contributed by atoms with van der Waals surface area (Å²) in [7, 11) is 3.54. The predicted octanol–water partition coefficient (Wildman–Crippen LogP) is 2.39. The van der Waals surface area contributed by atoms with Crippen LogP contribution in [0.15, 0.2) is 36.7 Å². The molecule has 22 heavy (non-hydrogen) atoms. The topological polar surface area (TPSA) is 56.1 Å². The summed E-state index contributed by atoms with van der Waals surface area (Å²) in [5, 5.41) is 2.95. The summed E-state index contributed by atoms with van der Waals surface area (Å²) in [5.41, 5.74) is 0.890. The van der Waals surface area contributed by atoms with E-state index in [0.717, 1.165) is 17.1 Å². The van der Waals surface area contributed by atoms with Gasteiger partial charge in [0.05, 0.1) is 12.4 Å². The summed E-state index contributed by atoms with van der Waals surface area (Å²) in [4.78, 5) is 16.7. The Morgan fingerprint density at radius 1 is 1.41 bits per heavy atom. The van der Waals surface area contributed by atoms with Crippen molar-refractivity contribution < 1.29 is 9.53 Å². The molecule has 0 radical (unpaired) electrons. The number of para-hydroxylation sites is 1. The number of thioether (sulfide) groups is 1. The molecule has 6 heteroatoms. The largest absolute Gasteiger partial charge is 0.496 e. The Bertz CT molecular complexity index is 642. The van der Waals surface area contributed by atoms with Gasteiger partial charge in [0.15, 0.2) is 0 Å². The Balaban J connectivity index is 2.42. The van der Waals surface area contributed by atoms with Crippen molar-refractivity contribution in [1.82, 2.24) is 14.9 Å². The molecule has 2 rings (SSSR count). The van der Waals surface area contributed by atoms with Crippen LogP contribution in [-0.2, 0) is 11.8 Å². The minimum atomic E-state index is -0.349.